The quantitative estimate of drug-likeness (QED) is 0.794. The standard InChI is InChI=1S/C12H14N2S/c1-8-4-2-5-9-11(8)14-12(13-9)10-6-3-7-15-10/h2,4-5,10H,3,6-7H2,1H3,(H,13,14). The Balaban J connectivity index is 2.09. The number of aromatic amines is 1. The number of imidazole rings is 1. The van der Waals surface area contributed by atoms with Crippen LogP contribution in [0, 0.1) is 6.92 Å². The summed E-state index contributed by atoms with van der Waals surface area (Å²) >= 11 is 2.02. The maximum absolute atomic E-state index is 4.72. The maximum atomic E-state index is 4.72. The number of rotatable bonds is 1. The number of hydrogen-bond acceptors (Lipinski definition) is 2. The van der Waals surface area contributed by atoms with Crippen LogP contribution < -0.4 is 0 Å². The minimum Gasteiger partial charge on any atom is -0.341 e. The average Bonchev–Trinajstić information content (AvgIpc) is 2.86. The number of para-hydroxylation sites is 1. The molecule has 0 spiro atoms. The normalized spacial score (nSPS) is 21.3. The number of fused-ring (bicyclic) bond motifs is 1. The molecule has 2 heterocycles. The van der Waals surface area contributed by atoms with Gasteiger partial charge < -0.3 is 4.98 Å². The van der Waals surface area contributed by atoms with Crippen LogP contribution in [0.5, 0.6) is 0 Å². The Morgan fingerprint density at radius 3 is 3.13 bits per heavy atom. The molecule has 1 aliphatic rings. The van der Waals surface area contributed by atoms with Crippen LogP contribution in [-0.2, 0) is 0 Å². The van der Waals surface area contributed by atoms with E-state index in [9.17, 15) is 0 Å². The van der Waals surface area contributed by atoms with Crippen LogP contribution in [0.1, 0.15) is 29.5 Å². The summed E-state index contributed by atoms with van der Waals surface area (Å²) in [5, 5.41) is 0.594. The number of benzene rings is 1. The molecule has 0 aliphatic carbocycles. The fourth-order valence-corrected chi connectivity index (χ4v) is 3.36. The third-order valence-electron chi connectivity index (χ3n) is 2.97. The lowest BCUT2D eigenvalue weighted by molar-refractivity contribution is 0.793. The van der Waals surface area contributed by atoms with Gasteiger partial charge in [0.15, 0.2) is 0 Å². The van der Waals surface area contributed by atoms with Gasteiger partial charge in [-0.1, -0.05) is 12.1 Å². The molecule has 0 bridgehead atoms. The molecule has 1 saturated heterocycles. The van der Waals surface area contributed by atoms with Gasteiger partial charge >= 0.3 is 0 Å². The second-order valence-electron chi connectivity index (χ2n) is 4.09. The van der Waals surface area contributed by atoms with Crippen molar-refractivity contribution in [2.75, 3.05) is 5.75 Å². The van der Waals surface area contributed by atoms with Gasteiger partial charge in [-0.3, -0.25) is 0 Å². The van der Waals surface area contributed by atoms with Gasteiger partial charge in [0, 0.05) is 0 Å². The highest BCUT2D eigenvalue weighted by Gasteiger charge is 2.20. The van der Waals surface area contributed by atoms with Crippen LogP contribution in [-0.4, -0.2) is 15.7 Å². The van der Waals surface area contributed by atoms with Gasteiger partial charge in [-0.15, -0.1) is 0 Å². The fraction of sp³-hybridized carbons (Fsp3) is 0.417. The summed E-state index contributed by atoms with van der Waals surface area (Å²) in [6, 6.07) is 6.31. The summed E-state index contributed by atoms with van der Waals surface area (Å²) in [6.45, 7) is 2.12. The molecule has 2 aromatic rings. The van der Waals surface area contributed by atoms with E-state index >= 15 is 0 Å². The van der Waals surface area contributed by atoms with Crippen LogP contribution in [0.25, 0.3) is 11.0 Å². The molecule has 0 amide bonds. The number of nitrogens with zero attached hydrogens (tertiary/aromatic N) is 1. The predicted molar refractivity (Wildman–Crippen MR) is 65.3 cm³/mol. The lowest BCUT2D eigenvalue weighted by Gasteiger charge is -2.02. The zero-order valence-corrected chi connectivity index (χ0v) is 9.60. The first kappa shape index (κ1) is 9.28. The van der Waals surface area contributed by atoms with E-state index in [0.29, 0.717) is 5.25 Å². The van der Waals surface area contributed by atoms with Crippen molar-refractivity contribution in [2.24, 2.45) is 0 Å². The Morgan fingerprint density at radius 1 is 1.47 bits per heavy atom. The van der Waals surface area contributed by atoms with Crippen molar-refractivity contribution in [2.45, 2.75) is 25.0 Å². The monoisotopic (exact) mass is 218 g/mol. The van der Waals surface area contributed by atoms with Gasteiger partial charge in [-0.05, 0) is 37.1 Å². The van der Waals surface area contributed by atoms with E-state index in [2.05, 4.69) is 30.1 Å². The van der Waals surface area contributed by atoms with Gasteiger partial charge in [0.1, 0.15) is 5.82 Å². The highest BCUT2D eigenvalue weighted by molar-refractivity contribution is 7.99. The smallest absolute Gasteiger partial charge is 0.120 e. The summed E-state index contributed by atoms with van der Waals surface area (Å²) in [5.74, 6) is 2.45. The molecule has 15 heavy (non-hydrogen) atoms. The molecule has 1 atom stereocenters. The van der Waals surface area contributed by atoms with Gasteiger partial charge in [0.2, 0.25) is 0 Å². The van der Waals surface area contributed by atoms with E-state index in [1.165, 1.54) is 35.5 Å². The molecule has 0 saturated carbocycles. The molecule has 3 rings (SSSR count). The lowest BCUT2D eigenvalue weighted by Crippen LogP contribution is -1.90. The van der Waals surface area contributed by atoms with Crippen molar-refractivity contribution in [3.63, 3.8) is 0 Å². The van der Waals surface area contributed by atoms with E-state index in [0.717, 1.165) is 5.52 Å². The second kappa shape index (κ2) is 3.56. The summed E-state index contributed by atoms with van der Waals surface area (Å²) in [4.78, 5) is 8.16. The Hall–Kier alpha value is -0.960. The minimum atomic E-state index is 0.594. The molecule has 1 unspecified atom stereocenters. The van der Waals surface area contributed by atoms with Crippen LogP contribution in [0.15, 0.2) is 18.2 Å². The summed E-state index contributed by atoms with van der Waals surface area (Å²) < 4.78 is 0. The molecule has 1 N–H and O–H groups in total. The van der Waals surface area contributed by atoms with Crippen LogP contribution >= 0.6 is 11.8 Å². The van der Waals surface area contributed by atoms with Crippen molar-refractivity contribution in [3.8, 4) is 0 Å². The number of hydrogen-bond donors (Lipinski definition) is 1. The fourth-order valence-electron chi connectivity index (χ4n) is 2.14. The van der Waals surface area contributed by atoms with E-state index in [1.807, 2.05) is 11.8 Å². The van der Waals surface area contributed by atoms with Crippen LogP contribution in [0.3, 0.4) is 0 Å². The molecule has 1 aromatic heterocycles. The molecule has 1 aromatic carbocycles. The van der Waals surface area contributed by atoms with E-state index in [1.54, 1.807) is 0 Å². The van der Waals surface area contributed by atoms with Crippen molar-refractivity contribution in [1.82, 2.24) is 9.97 Å². The topological polar surface area (TPSA) is 28.7 Å². The molecule has 78 valence electrons. The number of nitrogens with one attached hydrogen (secondary N) is 1. The summed E-state index contributed by atoms with van der Waals surface area (Å²) in [7, 11) is 0. The largest absolute Gasteiger partial charge is 0.341 e. The Labute approximate surface area is 93.5 Å². The first-order valence-corrected chi connectivity index (χ1v) is 6.46. The van der Waals surface area contributed by atoms with Crippen molar-refractivity contribution >= 4 is 22.8 Å². The average molecular weight is 218 g/mol. The maximum Gasteiger partial charge on any atom is 0.120 e. The zero-order chi connectivity index (χ0) is 10.3. The van der Waals surface area contributed by atoms with E-state index in [4.69, 9.17) is 4.98 Å². The Morgan fingerprint density at radius 2 is 2.40 bits per heavy atom. The number of aromatic nitrogens is 2. The molecule has 1 aliphatic heterocycles. The molecular formula is C12H14N2S. The molecule has 0 radical (unpaired) electrons. The van der Waals surface area contributed by atoms with E-state index in [-0.39, 0.29) is 0 Å². The first-order chi connectivity index (χ1) is 7.34. The highest BCUT2D eigenvalue weighted by atomic mass is 32.2. The second-order valence-corrected chi connectivity index (χ2v) is 5.41. The third kappa shape index (κ3) is 1.55. The van der Waals surface area contributed by atoms with Crippen LogP contribution in [0.4, 0.5) is 0 Å². The predicted octanol–water partition coefficient (Wildman–Crippen LogP) is 3.44. The zero-order valence-electron chi connectivity index (χ0n) is 8.79. The Kier molecular flexibility index (Phi) is 2.20. The minimum absolute atomic E-state index is 0.594. The SMILES string of the molecule is Cc1cccc2[nH]c(C3CCCS3)nc12. The highest BCUT2D eigenvalue weighted by Crippen LogP contribution is 2.39. The molecular weight excluding hydrogens is 204 g/mol. The number of thioether (sulfide) groups is 1. The lowest BCUT2D eigenvalue weighted by atomic mass is 10.2. The Bertz CT molecular complexity index is 483. The van der Waals surface area contributed by atoms with Gasteiger partial charge in [-0.2, -0.15) is 11.8 Å². The van der Waals surface area contributed by atoms with Crippen molar-refractivity contribution in [1.29, 1.82) is 0 Å². The van der Waals surface area contributed by atoms with Gasteiger partial charge in [-0.25, -0.2) is 4.98 Å². The third-order valence-corrected chi connectivity index (χ3v) is 4.35. The van der Waals surface area contributed by atoms with E-state index < -0.39 is 0 Å². The van der Waals surface area contributed by atoms with Crippen molar-refractivity contribution in [3.05, 3.63) is 29.6 Å². The summed E-state index contributed by atoms with van der Waals surface area (Å²) in [5.41, 5.74) is 3.58. The molecule has 3 heteroatoms. The van der Waals surface area contributed by atoms with Crippen molar-refractivity contribution < 1.29 is 0 Å². The number of H-pyrrole nitrogens is 1. The number of aryl methyl sites for hydroxylation is 1. The molecule has 2 nitrogen and oxygen atoms in total. The summed E-state index contributed by atoms with van der Waals surface area (Å²) in [6.07, 6.45) is 2.59. The van der Waals surface area contributed by atoms with Gasteiger partial charge in [0.05, 0.1) is 16.3 Å². The van der Waals surface area contributed by atoms with Crippen LogP contribution in [0.2, 0.25) is 0 Å². The first-order valence-electron chi connectivity index (χ1n) is 5.41. The molecule has 1 fully saturated rings. The van der Waals surface area contributed by atoms with Gasteiger partial charge in [0.25, 0.3) is 0 Å².